The van der Waals surface area contributed by atoms with E-state index >= 15 is 0 Å². The fourth-order valence-corrected chi connectivity index (χ4v) is 1.78. The molecule has 0 aromatic heterocycles. The molecule has 100 valence electrons. The van der Waals surface area contributed by atoms with E-state index < -0.39 is 24.4 Å². The van der Waals surface area contributed by atoms with Crippen LogP contribution in [0.5, 0.6) is 0 Å². The van der Waals surface area contributed by atoms with Crippen LogP contribution in [0.2, 0.25) is 0 Å². The molecular weight excluding hydrogens is 243 g/mol. The molecule has 0 aliphatic rings. The summed E-state index contributed by atoms with van der Waals surface area (Å²) in [6.45, 7) is 1.34. The van der Waals surface area contributed by atoms with Gasteiger partial charge >= 0.3 is 6.18 Å². The van der Waals surface area contributed by atoms with Crippen LogP contribution >= 0.6 is 0 Å². The molecule has 0 aliphatic carbocycles. The lowest BCUT2D eigenvalue weighted by atomic mass is 10.1. The van der Waals surface area contributed by atoms with Gasteiger partial charge in [0.1, 0.15) is 11.8 Å². The van der Waals surface area contributed by atoms with Crippen molar-refractivity contribution < 1.29 is 18.0 Å². The first-order valence-electron chi connectivity index (χ1n) is 5.61. The Bertz CT molecular complexity index is 389. The Labute approximate surface area is 104 Å². The Balaban J connectivity index is 2.77. The van der Waals surface area contributed by atoms with Gasteiger partial charge in [0.05, 0.1) is 0 Å². The quantitative estimate of drug-likeness (QED) is 0.810. The average molecular weight is 259 g/mol. The van der Waals surface area contributed by atoms with Crippen molar-refractivity contribution in [3.63, 3.8) is 0 Å². The van der Waals surface area contributed by atoms with Crippen molar-refractivity contribution in [2.45, 2.75) is 32.1 Å². The van der Waals surface area contributed by atoms with Crippen molar-refractivity contribution in [1.82, 2.24) is 4.90 Å². The summed E-state index contributed by atoms with van der Waals surface area (Å²) in [5.41, 5.74) is 0.790. The predicted octanol–water partition coefficient (Wildman–Crippen LogP) is 3.03. The Kier molecular flexibility index (Phi) is 4.90. The zero-order chi connectivity index (χ0) is 13.8. The standard InChI is InChI=1S/C13H16F3NO/c1-10(18)8-12(13(14,15)16)17(2)9-11-6-4-3-5-7-11/h3-7,12H,8-9H2,1-2H3. The monoisotopic (exact) mass is 259 g/mol. The smallest absolute Gasteiger partial charge is 0.300 e. The molecule has 0 spiro atoms. The molecule has 0 amide bonds. The zero-order valence-electron chi connectivity index (χ0n) is 10.4. The maximum Gasteiger partial charge on any atom is 0.404 e. The molecule has 0 aliphatic heterocycles. The molecule has 0 saturated carbocycles. The minimum atomic E-state index is -4.39. The van der Waals surface area contributed by atoms with Gasteiger partial charge in [-0.25, -0.2) is 0 Å². The van der Waals surface area contributed by atoms with Gasteiger partial charge < -0.3 is 0 Å². The second kappa shape index (κ2) is 6.00. The summed E-state index contributed by atoms with van der Waals surface area (Å²) in [7, 11) is 1.38. The van der Waals surface area contributed by atoms with Gasteiger partial charge in [-0.3, -0.25) is 9.69 Å². The van der Waals surface area contributed by atoms with Crippen LogP contribution in [0.25, 0.3) is 0 Å². The van der Waals surface area contributed by atoms with E-state index in [4.69, 9.17) is 0 Å². The molecule has 5 heteroatoms. The maximum atomic E-state index is 12.8. The summed E-state index contributed by atoms with van der Waals surface area (Å²) in [5, 5.41) is 0. The molecule has 1 aromatic carbocycles. The van der Waals surface area contributed by atoms with Gasteiger partial charge in [0.25, 0.3) is 0 Å². The Morgan fingerprint density at radius 3 is 2.28 bits per heavy atom. The molecule has 0 fully saturated rings. The third-order valence-corrected chi connectivity index (χ3v) is 2.67. The number of carbonyl (C=O) groups excluding carboxylic acids is 1. The minimum absolute atomic E-state index is 0.165. The third kappa shape index (κ3) is 4.49. The van der Waals surface area contributed by atoms with E-state index in [0.29, 0.717) is 0 Å². The Hall–Kier alpha value is -1.36. The topological polar surface area (TPSA) is 20.3 Å². The molecule has 0 saturated heterocycles. The summed E-state index contributed by atoms with van der Waals surface area (Å²) in [4.78, 5) is 12.1. The van der Waals surface area contributed by atoms with Crippen LogP contribution in [0.3, 0.4) is 0 Å². The van der Waals surface area contributed by atoms with Crippen molar-refractivity contribution in [2.24, 2.45) is 0 Å². The number of hydrogen-bond acceptors (Lipinski definition) is 2. The van der Waals surface area contributed by atoms with E-state index in [-0.39, 0.29) is 6.54 Å². The van der Waals surface area contributed by atoms with Crippen molar-refractivity contribution in [3.05, 3.63) is 35.9 Å². The molecule has 1 aromatic rings. The lowest BCUT2D eigenvalue weighted by Gasteiger charge is -2.29. The number of Topliss-reactive ketones (excluding diaryl/α,β-unsaturated/α-hetero) is 1. The molecule has 0 bridgehead atoms. The van der Waals surface area contributed by atoms with Crippen LogP contribution < -0.4 is 0 Å². The Morgan fingerprint density at radius 1 is 1.28 bits per heavy atom. The van der Waals surface area contributed by atoms with Gasteiger partial charge in [0.2, 0.25) is 0 Å². The van der Waals surface area contributed by atoms with E-state index in [1.165, 1.54) is 14.0 Å². The highest BCUT2D eigenvalue weighted by Crippen LogP contribution is 2.27. The van der Waals surface area contributed by atoms with Gasteiger partial charge in [-0.2, -0.15) is 13.2 Å². The van der Waals surface area contributed by atoms with Gasteiger partial charge in [0.15, 0.2) is 0 Å². The number of rotatable bonds is 5. The molecule has 1 rings (SSSR count). The minimum Gasteiger partial charge on any atom is -0.300 e. The van der Waals surface area contributed by atoms with E-state index in [0.717, 1.165) is 10.5 Å². The first-order chi connectivity index (χ1) is 8.30. The highest BCUT2D eigenvalue weighted by Gasteiger charge is 2.42. The number of ketones is 1. The number of benzene rings is 1. The van der Waals surface area contributed by atoms with E-state index in [2.05, 4.69) is 0 Å². The van der Waals surface area contributed by atoms with Crippen LogP contribution in [0, 0.1) is 0 Å². The van der Waals surface area contributed by atoms with Crippen LogP contribution in [0.15, 0.2) is 30.3 Å². The van der Waals surface area contributed by atoms with Crippen molar-refractivity contribution in [1.29, 1.82) is 0 Å². The average Bonchev–Trinajstić information content (AvgIpc) is 2.25. The first kappa shape index (κ1) is 14.7. The van der Waals surface area contributed by atoms with E-state index in [9.17, 15) is 18.0 Å². The highest BCUT2D eigenvalue weighted by molar-refractivity contribution is 5.76. The SMILES string of the molecule is CC(=O)CC(N(C)Cc1ccccc1)C(F)(F)F. The summed E-state index contributed by atoms with van der Waals surface area (Å²) >= 11 is 0. The van der Waals surface area contributed by atoms with E-state index in [1.807, 2.05) is 0 Å². The predicted molar refractivity (Wildman–Crippen MR) is 63.1 cm³/mol. The van der Waals surface area contributed by atoms with Crippen molar-refractivity contribution in [2.75, 3.05) is 7.05 Å². The Morgan fingerprint density at radius 2 is 1.83 bits per heavy atom. The van der Waals surface area contributed by atoms with Gasteiger partial charge in [0, 0.05) is 13.0 Å². The second-order valence-corrected chi connectivity index (χ2v) is 4.36. The first-order valence-corrected chi connectivity index (χ1v) is 5.61. The number of alkyl halides is 3. The third-order valence-electron chi connectivity index (χ3n) is 2.67. The van der Waals surface area contributed by atoms with Gasteiger partial charge in [-0.05, 0) is 19.5 Å². The summed E-state index contributed by atoms with van der Waals surface area (Å²) in [6.07, 6.45) is -4.90. The van der Waals surface area contributed by atoms with Crippen molar-refractivity contribution in [3.8, 4) is 0 Å². The second-order valence-electron chi connectivity index (χ2n) is 4.36. The highest BCUT2D eigenvalue weighted by atomic mass is 19.4. The lowest BCUT2D eigenvalue weighted by molar-refractivity contribution is -0.184. The lowest BCUT2D eigenvalue weighted by Crippen LogP contribution is -2.44. The molecule has 18 heavy (non-hydrogen) atoms. The number of nitrogens with zero attached hydrogens (tertiary/aromatic N) is 1. The zero-order valence-corrected chi connectivity index (χ0v) is 10.4. The number of hydrogen-bond donors (Lipinski definition) is 0. The van der Waals surface area contributed by atoms with Crippen LogP contribution in [-0.4, -0.2) is 29.9 Å². The fourth-order valence-electron chi connectivity index (χ4n) is 1.78. The van der Waals surface area contributed by atoms with Crippen molar-refractivity contribution >= 4 is 5.78 Å². The summed E-state index contributed by atoms with van der Waals surface area (Å²) in [5.74, 6) is -0.461. The van der Waals surface area contributed by atoms with Gasteiger partial charge in [-0.1, -0.05) is 30.3 Å². The van der Waals surface area contributed by atoms with Crippen LogP contribution in [0.1, 0.15) is 18.9 Å². The van der Waals surface area contributed by atoms with E-state index in [1.54, 1.807) is 30.3 Å². The van der Waals surface area contributed by atoms with Crippen LogP contribution in [0.4, 0.5) is 13.2 Å². The largest absolute Gasteiger partial charge is 0.404 e. The fraction of sp³-hybridized carbons (Fsp3) is 0.462. The summed E-state index contributed by atoms with van der Waals surface area (Å²) in [6, 6.07) is 7.15. The molecule has 1 atom stereocenters. The molecule has 0 radical (unpaired) electrons. The van der Waals surface area contributed by atoms with Gasteiger partial charge in [-0.15, -0.1) is 0 Å². The maximum absolute atomic E-state index is 12.8. The molecular formula is C13H16F3NO. The van der Waals surface area contributed by atoms with Crippen LogP contribution in [-0.2, 0) is 11.3 Å². The molecule has 2 nitrogen and oxygen atoms in total. The molecule has 0 heterocycles. The molecule has 0 N–H and O–H groups in total. The summed E-state index contributed by atoms with van der Waals surface area (Å²) < 4.78 is 38.5. The molecule has 1 unspecified atom stereocenters. The number of carbonyl (C=O) groups is 1. The number of halogens is 3. The normalized spacial score (nSPS) is 13.7.